The van der Waals surface area contributed by atoms with Crippen molar-refractivity contribution in [1.29, 1.82) is 0 Å². The van der Waals surface area contributed by atoms with Gasteiger partial charge in [-0.05, 0) is 6.07 Å². The van der Waals surface area contributed by atoms with Gasteiger partial charge in [-0.1, -0.05) is 6.07 Å². The molecule has 0 N–H and O–H groups in total. The topological polar surface area (TPSA) is 46.4 Å². The second-order valence-electron chi connectivity index (χ2n) is 3.14. The van der Waals surface area contributed by atoms with Crippen molar-refractivity contribution in [1.82, 2.24) is 0 Å². The molecule has 0 saturated heterocycles. The molecule has 0 aliphatic carbocycles. The van der Waals surface area contributed by atoms with E-state index in [9.17, 15) is 18.9 Å². The highest BCUT2D eigenvalue weighted by molar-refractivity contribution is 5.53. The van der Waals surface area contributed by atoms with Crippen LogP contribution in [0.3, 0.4) is 0 Å². The predicted molar refractivity (Wildman–Crippen MR) is 57.3 cm³/mol. The zero-order chi connectivity index (χ0) is 12.0. The molecule has 0 bridgehead atoms. The van der Waals surface area contributed by atoms with Gasteiger partial charge in [0.15, 0.2) is 0 Å². The first-order chi connectivity index (χ1) is 7.69. The van der Waals surface area contributed by atoms with Gasteiger partial charge in [0.25, 0.3) is 5.69 Å². The van der Waals surface area contributed by atoms with Crippen LogP contribution in [0.25, 0.3) is 0 Å². The quantitative estimate of drug-likeness (QED) is 0.556. The number of halogens is 2. The zero-order valence-electron chi connectivity index (χ0n) is 8.60. The number of non-ortho nitro benzene ring substituents is 1. The van der Waals surface area contributed by atoms with Gasteiger partial charge >= 0.3 is 0 Å². The van der Waals surface area contributed by atoms with Crippen molar-refractivity contribution in [3.63, 3.8) is 0 Å². The average Bonchev–Trinajstić information content (AvgIpc) is 2.29. The SMILES string of the molecule is O=[N+]([O-])c1cccc(N(CCF)CCF)c1. The molecule has 0 fully saturated rings. The minimum atomic E-state index is -0.622. The number of alkyl halides is 2. The van der Waals surface area contributed by atoms with Gasteiger partial charge in [-0.3, -0.25) is 10.1 Å². The van der Waals surface area contributed by atoms with Crippen LogP contribution >= 0.6 is 0 Å². The molecule has 1 rings (SSSR count). The van der Waals surface area contributed by atoms with Gasteiger partial charge in [-0.15, -0.1) is 0 Å². The number of hydrogen-bond acceptors (Lipinski definition) is 3. The summed E-state index contributed by atoms with van der Waals surface area (Å²) in [5.41, 5.74) is 0.379. The second kappa shape index (κ2) is 5.99. The van der Waals surface area contributed by atoms with Crippen LogP contribution in [-0.2, 0) is 0 Å². The van der Waals surface area contributed by atoms with Gasteiger partial charge in [-0.2, -0.15) is 0 Å². The Kier molecular flexibility index (Phi) is 4.63. The standard InChI is InChI=1S/C10H12F2N2O2/c11-4-6-13(7-5-12)9-2-1-3-10(8-9)14(15)16/h1-3,8H,4-7H2. The number of nitro groups is 1. The van der Waals surface area contributed by atoms with Crippen LogP contribution in [0.2, 0.25) is 0 Å². The molecule has 0 aromatic heterocycles. The molecule has 0 spiro atoms. The van der Waals surface area contributed by atoms with Crippen molar-refractivity contribution in [3.05, 3.63) is 34.4 Å². The Hall–Kier alpha value is -1.72. The van der Waals surface area contributed by atoms with Crippen LogP contribution < -0.4 is 4.90 Å². The van der Waals surface area contributed by atoms with E-state index in [2.05, 4.69) is 0 Å². The molecule has 0 heterocycles. The Morgan fingerprint density at radius 1 is 1.25 bits per heavy atom. The highest BCUT2D eigenvalue weighted by atomic mass is 19.1. The maximum absolute atomic E-state index is 12.2. The van der Waals surface area contributed by atoms with E-state index in [-0.39, 0.29) is 18.8 Å². The van der Waals surface area contributed by atoms with Crippen molar-refractivity contribution in [2.24, 2.45) is 0 Å². The smallest absolute Gasteiger partial charge is 0.271 e. The fourth-order valence-corrected chi connectivity index (χ4v) is 1.38. The predicted octanol–water partition coefficient (Wildman–Crippen LogP) is 2.34. The van der Waals surface area contributed by atoms with Crippen LogP contribution in [0.15, 0.2) is 24.3 Å². The second-order valence-corrected chi connectivity index (χ2v) is 3.14. The van der Waals surface area contributed by atoms with Crippen molar-refractivity contribution >= 4 is 11.4 Å². The van der Waals surface area contributed by atoms with Crippen molar-refractivity contribution in [3.8, 4) is 0 Å². The molecule has 88 valence electrons. The highest BCUT2D eigenvalue weighted by Crippen LogP contribution is 2.20. The third-order valence-electron chi connectivity index (χ3n) is 2.11. The van der Waals surface area contributed by atoms with Crippen LogP contribution in [-0.4, -0.2) is 31.4 Å². The number of nitrogens with zero attached hydrogens (tertiary/aromatic N) is 2. The van der Waals surface area contributed by atoms with E-state index in [4.69, 9.17) is 0 Å². The summed E-state index contributed by atoms with van der Waals surface area (Å²) in [5.74, 6) is 0. The molecule has 0 saturated carbocycles. The Morgan fingerprint density at radius 3 is 2.38 bits per heavy atom. The molecule has 16 heavy (non-hydrogen) atoms. The van der Waals surface area contributed by atoms with E-state index in [1.807, 2.05) is 0 Å². The van der Waals surface area contributed by atoms with Gasteiger partial charge in [0, 0.05) is 30.9 Å². The first-order valence-corrected chi connectivity index (χ1v) is 4.80. The fraction of sp³-hybridized carbons (Fsp3) is 0.400. The summed E-state index contributed by atoms with van der Waals surface area (Å²) in [6.07, 6.45) is 0. The Bertz CT molecular complexity index is 354. The van der Waals surface area contributed by atoms with E-state index in [0.717, 1.165) is 0 Å². The van der Waals surface area contributed by atoms with Crippen LogP contribution in [0, 0.1) is 10.1 Å². The highest BCUT2D eigenvalue weighted by Gasteiger charge is 2.10. The van der Waals surface area contributed by atoms with E-state index in [0.29, 0.717) is 5.69 Å². The summed E-state index contributed by atoms with van der Waals surface area (Å²) in [7, 11) is 0. The number of rotatable bonds is 6. The van der Waals surface area contributed by atoms with Crippen molar-refractivity contribution < 1.29 is 13.7 Å². The lowest BCUT2D eigenvalue weighted by atomic mass is 10.2. The molecule has 1 aromatic rings. The minimum absolute atomic E-state index is 0.0328. The van der Waals surface area contributed by atoms with Crippen molar-refractivity contribution in [2.45, 2.75) is 0 Å². The molecule has 0 aliphatic heterocycles. The number of benzene rings is 1. The first-order valence-electron chi connectivity index (χ1n) is 4.80. The summed E-state index contributed by atoms with van der Waals surface area (Å²) >= 11 is 0. The summed E-state index contributed by atoms with van der Waals surface area (Å²) in [5, 5.41) is 10.5. The van der Waals surface area contributed by atoms with Gasteiger partial charge in [-0.25, -0.2) is 8.78 Å². The lowest BCUT2D eigenvalue weighted by molar-refractivity contribution is -0.384. The summed E-state index contributed by atoms with van der Waals surface area (Å²) < 4.78 is 24.4. The third kappa shape index (κ3) is 3.15. The van der Waals surface area contributed by atoms with Gasteiger partial charge in [0.2, 0.25) is 0 Å². The van der Waals surface area contributed by atoms with E-state index >= 15 is 0 Å². The number of nitro benzene ring substituents is 1. The molecular formula is C10H12F2N2O2. The largest absolute Gasteiger partial charge is 0.366 e. The molecule has 6 heteroatoms. The first kappa shape index (κ1) is 12.4. The molecule has 4 nitrogen and oxygen atoms in total. The number of anilines is 1. The Morgan fingerprint density at radius 2 is 1.88 bits per heavy atom. The van der Waals surface area contributed by atoms with E-state index < -0.39 is 18.3 Å². The molecule has 0 radical (unpaired) electrons. The summed E-state index contributed by atoms with van der Waals surface area (Å²) in [6.45, 7) is -1.18. The van der Waals surface area contributed by atoms with Crippen LogP contribution in [0.1, 0.15) is 0 Å². The minimum Gasteiger partial charge on any atom is -0.366 e. The molecule has 0 aliphatic rings. The van der Waals surface area contributed by atoms with Gasteiger partial charge in [0.1, 0.15) is 13.3 Å². The lowest BCUT2D eigenvalue weighted by Crippen LogP contribution is -2.27. The fourth-order valence-electron chi connectivity index (χ4n) is 1.38. The molecular weight excluding hydrogens is 218 g/mol. The Labute approximate surface area is 91.6 Å². The molecule has 0 unspecified atom stereocenters. The summed E-state index contributed by atoms with van der Waals surface area (Å²) in [4.78, 5) is 11.4. The number of hydrogen-bond donors (Lipinski definition) is 0. The zero-order valence-corrected chi connectivity index (χ0v) is 8.60. The molecule has 0 amide bonds. The maximum Gasteiger partial charge on any atom is 0.271 e. The summed E-state index contributed by atoms with van der Waals surface area (Å²) in [6, 6.07) is 5.74. The van der Waals surface area contributed by atoms with Crippen LogP contribution in [0.4, 0.5) is 20.2 Å². The normalized spacial score (nSPS) is 10.1. The molecule has 1 aromatic carbocycles. The lowest BCUT2D eigenvalue weighted by Gasteiger charge is -2.21. The van der Waals surface area contributed by atoms with Gasteiger partial charge in [0.05, 0.1) is 4.92 Å². The van der Waals surface area contributed by atoms with Gasteiger partial charge < -0.3 is 4.90 Å². The maximum atomic E-state index is 12.2. The monoisotopic (exact) mass is 230 g/mol. The molecule has 0 atom stereocenters. The van der Waals surface area contributed by atoms with E-state index in [1.165, 1.54) is 23.1 Å². The average molecular weight is 230 g/mol. The van der Waals surface area contributed by atoms with Crippen LogP contribution in [0.5, 0.6) is 0 Å². The third-order valence-corrected chi connectivity index (χ3v) is 2.11. The Balaban J connectivity index is 2.90. The van der Waals surface area contributed by atoms with E-state index in [1.54, 1.807) is 6.07 Å². The van der Waals surface area contributed by atoms with Crippen molar-refractivity contribution in [2.75, 3.05) is 31.3 Å².